The molecule has 0 amide bonds. The number of hydrogen-bond acceptors (Lipinski definition) is 6. The van der Waals surface area contributed by atoms with Crippen molar-refractivity contribution in [2.75, 3.05) is 26.0 Å². The van der Waals surface area contributed by atoms with E-state index in [1.807, 2.05) is 74.6 Å². The summed E-state index contributed by atoms with van der Waals surface area (Å²) >= 11 is 8.33. The Morgan fingerprint density at radius 3 is 2.58 bits per heavy atom. The van der Waals surface area contributed by atoms with Crippen molar-refractivity contribution in [3.8, 4) is 0 Å². The highest BCUT2D eigenvalue weighted by molar-refractivity contribution is 8.00. The second-order valence-corrected chi connectivity index (χ2v) is 12.2. The Hall–Kier alpha value is -2.84. The molecule has 2 unspecified atom stereocenters. The molecule has 0 bridgehead atoms. The van der Waals surface area contributed by atoms with E-state index in [2.05, 4.69) is 22.3 Å². The molecule has 2 heterocycles. The van der Waals surface area contributed by atoms with Gasteiger partial charge in [0.15, 0.2) is 0 Å². The van der Waals surface area contributed by atoms with Gasteiger partial charge in [-0.15, -0.1) is 11.8 Å². The number of benzene rings is 3. The molecule has 5 rings (SSSR count). The predicted octanol–water partition coefficient (Wildman–Crippen LogP) is 6.10. The van der Waals surface area contributed by atoms with Gasteiger partial charge in [-0.05, 0) is 43.3 Å². The van der Waals surface area contributed by atoms with Crippen LogP contribution in [0.25, 0.3) is 0 Å². The van der Waals surface area contributed by atoms with Crippen molar-refractivity contribution in [2.45, 2.75) is 29.2 Å². The van der Waals surface area contributed by atoms with Crippen LogP contribution in [0, 0.1) is 0 Å². The SMILES string of the molecule is CC1=C(C(=O)OCCN(C)Cc2ccccc2)C(c2ccccc2Cl)C2=C(CSc3ccccc3S2=O)N1. The Morgan fingerprint density at radius 1 is 1.08 bits per heavy atom. The Balaban J connectivity index is 1.43. The number of esters is 1. The van der Waals surface area contributed by atoms with Crippen molar-refractivity contribution < 1.29 is 13.7 Å². The average molecular weight is 565 g/mol. The lowest BCUT2D eigenvalue weighted by Gasteiger charge is -2.31. The number of allylic oxidation sites excluding steroid dienone is 2. The van der Waals surface area contributed by atoms with E-state index in [9.17, 15) is 9.00 Å². The van der Waals surface area contributed by atoms with Gasteiger partial charge in [-0.25, -0.2) is 9.00 Å². The van der Waals surface area contributed by atoms with E-state index >= 15 is 0 Å². The van der Waals surface area contributed by atoms with Crippen LogP contribution in [0.3, 0.4) is 0 Å². The van der Waals surface area contributed by atoms with Crippen molar-refractivity contribution in [1.29, 1.82) is 0 Å². The second-order valence-electron chi connectivity index (χ2n) is 9.32. The third-order valence-electron chi connectivity index (χ3n) is 6.65. The number of fused-ring (bicyclic) bond motifs is 1. The van der Waals surface area contributed by atoms with E-state index < -0.39 is 22.7 Å². The number of halogens is 1. The van der Waals surface area contributed by atoms with Crippen LogP contribution in [0.2, 0.25) is 5.02 Å². The molecule has 0 saturated heterocycles. The molecular weight excluding hydrogens is 536 g/mol. The first-order valence-electron chi connectivity index (χ1n) is 12.4. The zero-order chi connectivity index (χ0) is 26.6. The quantitative estimate of drug-likeness (QED) is 0.350. The van der Waals surface area contributed by atoms with Gasteiger partial charge in [0.1, 0.15) is 6.61 Å². The first-order valence-corrected chi connectivity index (χ1v) is 14.9. The maximum Gasteiger partial charge on any atom is 0.336 e. The standard InChI is InChI=1S/C30H29ClN2O3S2/c1-20-27(30(34)36-17-16-33(2)18-21-10-4-3-5-11-21)28(22-12-6-7-13-23(22)31)29-24(32-20)19-37-25-14-8-9-15-26(25)38(29)35/h3-15,28,32H,16-19H2,1-2H3. The first-order chi connectivity index (χ1) is 18.4. The summed E-state index contributed by atoms with van der Waals surface area (Å²) < 4.78 is 19.9. The molecule has 2 aliphatic rings. The average Bonchev–Trinajstić information content (AvgIpc) is 3.05. The highest BCUT2D eigenvalue weighted by atomic mass is 35.5. The lowest BCUT2D eigenvalue weighted by Crippen LogP contribution is -2.33. The van der Waals surface area contributed by atoms with Gasteiger partial charge in [0, 0.05) is 40.2 Å². The van der Waals surface area contributed by atoms with Gasteiger partial charge in [0.05, 0.1) is 32.1 Å². The van der Waals surface area contributed by atoms with Gasteiger partial charge < -0.3 is 10.1 Å². The summed E-state index contributed by atoms with van der Waals surface area (Å²) in [6, 6.07) is 25.4. The molecule has 0 fully saturated rings. The van der Waals surface area contributed by atoms with Gasteiger partial charge in [0.2, 0.25) is 0 Å². The van der Waals surface area contributed by atoms with E-state index in [0.717, 1.165) is 27.6 Å². The molecule has 2 atom stereocenters. The van der Waals surface area contributed by atoms with Gasteiger partial charge in [-0.1, -0.05) is 72.3 Å². The fourth-order valence-electron chi connectivity index (χ4n) is 4.82. The summed E-state index contributed by atoms with van der Waals surface area (Å²) in [5, 5.41) is 3.92. The minimum atomic E-state index is -1.49. The van der Waals surface area contributed by atoms with Crippen LogP contribution in [0.4, 0.5) is 0 Å². The van der Waals surface area contributed by atoms with Crippen molar-refractivity contribution >= 4 is 40.1 Å². The van der Waals surface area contributed by atoms with E-state index in [1.54, 1.807) is 17.8 Å². The highest BCUT2D eigenvalue weighted by Crippen LogP contribution is 2.47. The van der Waals surface area contributed by atoms with Crippen LogP contribution in [0.5, 0.6) is 0 Å². The molecule has 38 heavy (non-hydrogen) atoms. The zero-order valence-corrected chi connectivity index (χ0v) is 23.7. The van der Waals surface area contributed by atoms with Crippen molar-refractivity contribution in [2.24, 2.45) is 0 Å². The van der Waals surface area contributed by atoms with Crippen LogP contribution in [-0.4, -0.2) is 41.0 Å². The summed E-state index contributed by atoms with van der Waals surface area (Å²) in [6.45, 7) is 3.45. The van der Waals surface area contributed by atoms with Crippen molar-refractivity contribution in [1.82, 2.24) is 10.2 Å². The zero-order valence-electron chi connectivity index (χ0n) is 21.3. The Labute approximate surface area is 235 Å². The topological polar surface area (TPSA) is 58.6 Å². The molecule has 0 aliphatic carbocycles. The summed E-state index contributed by atoms with van der Waals surface area (Å²) in [4.78, 5) is 18.1. The molecule has 0 saturated carbocycles. The number of hydrogen-bond donors (Lipinski definition) is 1. The van der Waals surface area contributed by atoms with E-state index in [0.29, 0.717) is 33.5 Å². The van der Waals surface area contributed by atoms with Crippen molar-refractivity contribution in [3.05, 3.63) is 117 Å². The summed E-state index contributed by atoms with van der Waals surface area (Å²) in [6.07, 6.45) is 0. The minimum Gasteiger partial charge on any atom is -0.461 e. The molecule has 0 radical (unpaired) electrons. The largest absolute Gasteiger partial charge is 0.461 e. The Bertz CT molecular complexity index is 1440. The van der Waals surface area contributed by atoms with Crippen molar-refractivity contribution in [3.63, 3.8) is 0 Å². The molecule has 5 nitrogen and oxygen atoms in total. The monoisotopic (exact) mass is 564 g/mol. The van der Waals surface area contributed by atoms with Gasteiger partial charge in [-0.2, -0.15) is 0 Å². The molecule has 8 heteroatoms. The van der Waals surface area contributed by atoms with Gasteiger partial charge >= 0.3 is 5.97 Å². The summed E-state index contributed by atoms with van der Waals surface area (Å²) in [5.74, 6) is -0.396. The lowest BCUT2D eigenvalue weighted by atomic mass is 9.86. The molecular formula is C30H29ClN2O3S2. The molecule has 0 spiro atoms. The summed E-state index contributed by atoms with van der Waals surface area (Å²) in [5.41, 5.74) is 3.93. The maximum atomic E-state index is 14.1. The third-order valence-corrected chi connectivity index (χ3v) is 9.86. The van der Waals surface area contributed by atoms with Crippen LogP contribution in [-0.2, 0) is 26.9 Å². The highest BCUT2D eigenvalue weighted by Gasteiger charge is 2.40. The number of nitrogens with one attached hydrogen (secondary N) is 1. The summed E-state index contributed by atoms with van der Waals surface area (Å²) in [7, 11) is 0.513. The minimum absolute atomic E-state index is 0.238. The molecule has 3 aromatic rings. The number of carbonyl (C=O) groups excluding carboxylic acids is 1. The number of nitrogens with zero attached hydrogens (tertiary/aromatic N) is 1. The van der Waals surface area contributed by atoms with Gasteiger partial charge in [-0.3, -0.25) is 4.90 Å². The fraction of sp³-hybridized carbons (Fsp3) is 0.233. The molecule has 0 aromatic heterocycles. The smallest absolute Gasteiger partial charge is 0.336 e. The molecule has 3 aromatic carbocycles. The predicted molar refractivity (Wildman–Crippen MR) is 154 cm³/mol. The van der Waals surface area contributed by atoms with E-state index in [1.165, 1.54) is 5.56 Å². The lowest BCUT2D eigenvalue weighted by molar-refractivity contribution is -0.139. The second kappa shape index (κ2) is 11.9. The number of ether oxygens (including phenoxy) is 1. The third kappa shape index (κ3) is 5.61. The molecule has 196 valence electrons. The van der Waals surface area contributed by atoms with Gasteiger partial charge in [0.25, 0.3) is 0 Å². The number of thioether (sulfide) groups is 1. The van der Waals surface area contributed by atoms with Crippen LogP contribution in [0.15, 0.2) is 111 Å². The number of likely N-dealkylation sites (N-methyl/N-ethyl adjacent to an activating group) is 1. The molecule has 2 aliphatic heterocycles. The Kier molecular flexibility index (Phi) is 8.39. The number of dihydropyridines is 1. The molecule has 1 N–H and O–H groups in total. The maximum absolute atomic E-state index is 14.1. The van der Waals surface area contributed by atoms with Crippen LogP contribution < -0.4 is 5.32 Å². The normalized spacial score (nSPS) is 18.9. The van der Waals surface area contributed by atoms with Crippen LogP contribution >= 0.6 is 23.4 Å². The Morgan fingerprint density at radius 2 is 1.79 bits per heavy atom. The number of rotatable bonds is 7. The fourth-order valence-corrected chi connectivity index (χ4v) is 7.97. The van der Waals surface area contributed by atoms with E-state index in [4.69, 9.17) is 16.3 Å². The first kappa shape index (κ1) is 26.8. The van der Waals surface area contributed by atoms with E-state index in [-0.39, 0.29) is 6.61 Å². The number of carbonyl (C=O) groups is 1. The van der Waals surface area contributed by atoms with Crippen LogP contribution in [0.1, 0.15) is 24.0 Å².